The zero-order valence-electron chi connectivity index (χ0n) is 11.0. The monoisotopic (exact) mass is 303 g/mol. The van der Waals surface area contributed by atoms with Gasteiger partial charge in [-0.25, -0.2) is 0 Å². The Morgan fingerprint density at radius 1 is 0.944 bits per heavy atom. The van der Waals surface area contributed by atoms with E-state index in [1.54, 1.807) is 0 Å². The Bertz CT molecular complexity index is 527. The zero-order chi connectivity index (χ0) is 13.2. The summed E-state index contributed by atoms with van der Waals surface area (Å²) in [5, 5.41) is 3.49. The van der Waals surface area contributed by atoms with Crippen LogP contribution in [0.4, 0.5) is 11.4 Å². The lowest BCUT2D eigenvalue weighted by Gasteiger charge is -2.23. The minimum absolute atomic E-state index is 0.123. The fourth-order valence-electron chi connectivity index (χ4n) is 1.95. The highest BCUT2D eigenvalue weighted by molar-refractivity contribution is 9.10. The van der Waals surface area contributed by atoms with Crippen molar-refractivity contribution in [2.45, 2.75) is 26.2 Å². The normalized spacial score (nSPS) is 11.3. The largest absolute Gasteiger partial charge is 0.355 e. The molecule has 1 N–H and O–H groups in total. The molecule has 18 heavy (non-hydrogen) atoms. The molecule has 0 aromatic heterocycles. The molecule has 0 atom stereocenters. The Morgan fingerprint density at radius 2 is 1.61 bits per heavy atom. The van der Waals surface area contributed by atoms with Gasteiger partial charge in [-0.15, -0.1) is 0 Å². The highest BCUT2D eigenvalue weighted by atomic mass is 79.9. The second-order valence-electron chi connectivity index (χ2n) is 5.43. The van der Waals surface area contributed by atoms with Crippen molar-refractivity contribution < 1.29 is 0 Å². The molecule has 2 aromatic rings. The molecular weight excluding hydrogens is 286 g/mol. The lowest BCUT2D eigenvalue weighted by molar-refractivity contribution is 0.592. The minimum atomic E-state index is 0.123. The van der Waals surface area contributed by atoms with E-state index < -0.39 is 0 Å². The summed E-state index contributed by atoms with van der Waals surface area (Å²) < 4.78 is 1.09. The van der Waals surface area contributed by atoms with Gasteiger partial charge in [-0.1, -0.05) is 61.0 Å². The van der Waals surface area contributed by atoms with E-state index in [1.807, 2.05) is 18.2 Å². The summed E-state index contributed by atoms with van der Waals surface area (Å²) in [4.78, 5) is 0. The smallest absolute Gasteiger partial charge is 0.0433 e. The molecule has 0 amide bonds. The number of hydrogen-bond acceptors (Lipinski definition) is 1. The van der Waals surface area contributed by atoms with E-state index in [4.69, 9.17) is 0 Å². The summed E-state index contributed by atoms with van der Waals surface area (Å²) in [7, 11) is 0. The predicted molar refractivity (Wildman–Crippen MR) is 82.6 cm³/mol. The third-order valence-electron chi connectivity index (χ3n) is 2.84. The fraction of sp³-hybridized carbons (Fsp3) is 0.250. The van der Waals surface area contributed by atoms with Gasteiger partial charge < -0.3 is 5.32 Å². The van der Waals surface area contributed by atoms with E-state index in [9.17, 15) is 0 Å². The van der Waals surface area contributed by atoms with E-state index in [1.165, 1.54) is 5.56 Å². The van der Waals surface area contributed by atoms with Crippen LogP contribution in [0.2, 0.25) is 0 Å². The number of nitrogens with one attached hydrogen (secondary N) is 1. The second-order valence-corrected chi connectivity index (χ2v) is 6.35. The Balaban J connectivity index is 2.40. The highest BCUT2D eigenvalue weighted by Gasteiger charge is 2.18. The molecule has 0 unspecified atom stereocenters. The number of benzene rings is 2. The quantitative estimate of drug-likeness (QED) is 0.773. The van der Waals surface area contributed by atoms with Crippen LogP contribution in [-0.4, -0.2) is 0 Å². The van der Waals surface area contributed by atoms with E-state index >= 15 is 0 Å². The molecule has 1 nitrogen and oxygen atoms in total. The van der Waals surface area contributed by atoms with Gasteiger partial charge in [-0.05, 0) is 35.2 Å². The van der Waals surface area contributed by atoms with E-state index in [0.717, 1.165) is 15.8 Å². The summed E-state index contributed by atoms with van der Waals surface area (Å²) in [5.41, 5.74) is 3.70. The summed E-state index contributed by atoms with van der Waals surface area (Å²) in [6.45, 7) is 6.69. The van der Waals surface area contributed by atoms with Gasteiger partial charge in [-0.3, -0.25) is 0 Å². The second kappa shape index (κ2) is 5.15. The van der Waals surface area contributed by atoms with Crippen LogP contribution in [0.3, 0.4) is 0 Å². The van der Waals surface area contributed by atoms with Gasteiger partial charge in [0.2, 0.25) is 0 Å². The Kier molecular flexibility index (Phi) is 3.76. The fourth-order valence-corrected chi connectivity index (χ4v) is 2.31. The molecule has 0 aliphatic carbocycles. The van der Waals surface area contributed by atoms with Gasteiger partial charge in [-0.2, -0.15) is 0 Å². The summed E-state index contributed by atoms with van der Waals surface area (Å²) in [6.07, 6.45) is 0. The first kappa shape index (κ1) is 13.2. The van der Waals surface area contributed by atoms with Crippen molar-refractivity contribution in [1.82, 2.24) is 0 Å². The van der Waals surface area contributed by atoms with Crippen LogP contribution in [0.5, 0.6) is 0 Å². The molecule has 0 saturated carbocycles. The first-order chi connectivity index (χ1) is 8.47. The molecule has 0 radical (unpaired) electrons. The molecule has 0 heterocycles. The van der Waals surface area contributed by atoms with Crippen LogP contribution in [0.25, 0.3) is 0 Å². The third-order valence-corrected chi connectivity index (χ3v) is 3.34. The maximum absolute atomic E-state index is 3.54. The topological polar surface area (TPSA) is 12.0 Å². The van der Waals surface area contributed by atoms with Gasteiger partial charge in [0.25, 0.3) is 0 Å². The van der Waals surface area contributed by atoms with E-state index in [2.05, 4.69) is 72.3 Å². The Morgan fingerprint density at radius 3 is 2.22 bits per heavy atom. The number of para-hydroxylation sites is 1. The lowest BCUT2D eigenvalue weighted by Crippen LogP contribution is -2.13. The van der Waals surface area contributed by atoms with Crippen molar-refractivity contribution in [2.24, 2.45) is 0 Å². The van der Waals surface area contributed by atoms with E-state index in [0.29, 0.717) is 0 Å². The van der Waals surface area contributed by atoms with Crippen LogP contribution in [0.1, 0.15) is 26.3 Å². The molecule has 0 aliphatic rings. The van der Waals surface area contributed by atoms with E-state index in [-0.39, 0.29) is 5.41 Å². The molecule has 0 saturated heterocycles. The van der Waals surface area contributed by atoms with Gasteiger partial charge in [0, 0.05) is 15.8 Å². The maximum Gasteiger partial charge on any atom is 0.0433 e. The number of hydrogen-bond donors (Lipinski definition) is 1. The molecule has 2 heteroatoms. The van der Waals surface area contributed by atoms with Crippen molar-refractivity contribution in [3.05, 3.63) is 58.6 Å². The van der Waals surface area contributed by atoms with Crippen molar-refractivity contribution in [3.8, 4) is 0 Å². The molecule has 0 bridgehead atoms. The first-order valence-electron chi connectivity index (χ1n) is 6.09. The van der Waals surface area contributed by atoms with Crippen molar-refractivity contribution in [3.63, 3.8) is 0 Å². The number of anilines is 2. The van der Waals surface area contributed by atoms with Crippen LogP contribution in [-0.2, 0) is 5.41 Å². The van der Waals surface area contributed by atoms with Crippen LogP contribution >= 0.6 is 15.9 Å². The molecule has 2 aromatic carbocycles. The standard InChI is InChI=1S/C16H18BrN/c1-16(2,3)14-10-9-12(17)11-15(14)18-13-7-5-4-6-8-13/h4-11,18H,1-3H3. The van der Waals surface area contributed by atoms with Crippen LogP contribution in [0.15, 0.2) is 53.0 Å². The molecule has 0 aliphatic heterocycles. The molecule has 94 valence electrons. The van der Waals surface area contributed by atoms with Crippen molar-refractivity contribution >= 4 is 27.3 Å². The SMILES string of the molecule is CC(C)(C)c1ccc(Br)cc1Nc1ccccc1. The van der Waals surface area contributed by atoms with Gasteiger partial charge >= 0.3 is 0 Å². The van der Waals surface area contributed by atoms with Crippen molar-refractivity contribution in [2.75, 3.05) is 5.32 Å². The molecule has 0 spiro atoms. The Hall–Kier alpha value is -1.28. The van der Waals surface area contributed by atoms with Crippen LogP contribution in [0, 0.1) is 0 Å². The summed E-state index contributed by atoms with van der Waals surface area (Å²) in [5.74, 6) is 0. The van der Waals surface area contributed by atoms with Gasteiger partial charge in [0.15, 0.2) is 0 Å². The zero-order valence-corrected chi connectivity index (χ0v) is 12.6. The predicted octanol–water partition coefficient (Wildman–Crippen LogP) is 5.49. The summed E-state index contributed by atoms with van der Waals surface area (Å²) >= 11 is 3.54. The number of rotatable bonds is 2. The average molecular weight is 304 g/mol. The lowest BCUT2D eigenvalue weighted by atomic mass is 9.86. The minimum Gasteiger partial charge on any atom is -0.355 e. The molecule has 0 fully saturated rings. The molecular formula is C16H18BrN. The van der Waals surface area contributed by atoms with Crippen molar-refractivity contribution in [1.29, 1.82) is 0 Å². The number of halogens is 1. The molecule has 2 rings (SSSR count). The van der Waals surface area contributed by atoms with Gasteiger partial charge in [0.05, 0.1) is 0 Å². The maximum atomic E-state index is 3.54. The Labute approximate surface area is 117 Å². The summed E-state index contributed by atoms with van der Waals surface area (Å²) in [6, 6.07) is 16.7. The average Bonchev–Trinajstić information content (AvgIpc) is 2.28. The third kappa shape index (κ3) is 3.14. The van der Waals surface area contributed by atoms with Crippen LogP contribution < -0.4 is 5.32 Å². The first-order valence-corrected chi connectivity index (χ1v) is 6.88. The van der Waals surface area contributed by atoms with Gasteiger partial charge in [0.1, 0.15) is 0 Å². The highest BCUT2D eigenvalue weighted by Crippen LogP contribution is 2.33.